The number of halogens is 3. The Balaban J connectivity index is 1.71. The normalized spacial score (nSPS) is 14.4. The third-order valence-corrected chi connectivity index (χ3v) is 5.87. The first-order valence-corrected chi connectivity index (χ1v) is 9.65. The van der Waals surface area contributed by atoms with E-state index >= 15 is 0 Å². The Morgan fingerprint density at radius 2 is 1.39 bits per heavy atom. The molecule has 0 aromatic heterocycles. The van der Waals surface area contributed by atoms with E-state index in [1.807, 2.05) is 18.2 Å². The van der Waals surface area contributed by atoms with Crippen LogP contribution in [0.4, 0.5) is 13.2 Å². The van der Waals surface area contributed by atoms with Gasteiger partial charge in [-0.2, -0.15) is 13.2 Å². The average molecular weight is 376 g/mol. The van der Waals surface area contributed by atoms with Crippen molar-refractivity contribution >= 4 is 21.5 Å². The number of alkyl halides is 3. The van der Waals surface area contributed by atoms with Crippen molar-refractivity contribution in [1.82, 2.24) is 0 Å². The molecule has 0 fully saturated rings. The van der Waals surface area contributed by atoms with E-state index in [1.165, 1.54) is 46.9 Å². The summed E-state index contributed by atoms with van der Waals surface area (Å²) in [6.45, 7) is 0. The van der Waals surface area contributed by atoms with E-state index in [1.54, 1.807) is 6.07 Å². The van der Waals surface area contributed by atoms with E-state index in [-0.39, 0.29) is 0 Å². The fourth-order valence-electron chi connectivity index (χ4n) is 4.44. The molecule has 0 aliphatic heterocycles. The summed E-state index contributed by atoms with van der Waals surface area (Å²) in [5.74, 6) is 0. The Bertz CT molecular complexity index is 1200. The Hall–Kier alpha value is -2.81. The molecule has 1 aliphatic rings. The van der Waals surface area contributed by atoms with Crippen LogP contribution in [0, 0.1) is 0 Å². The molecule has 0 amide bonds. The Kier molecular flexibility index (Phi) is 3.94. The van der Waals surface area contributed by atoms with Crippen molar-refractivity contribution < 1.29 is 13.2 Å². The SMILES string of the molecule is FC(F)(F)c1cccc(-c2ccc3ccc4c5c(ccc4c3c2)CCCC5)c1. The maximum absolute atomic E-state index is 13.1. The van der Waals surface area contributed by atoms with Gasteiger partial charge < -0.3 is 0 Å². The van der Waals surface area contributed by atoms with Crippen molar-refractivity contribution in [1.29, 1.82) is 0 Å². The molecule has 3 heteroatoms. The molecule has 0 bridgehead atoms. The molecular weight excluding hydrogens is 357 g/mol. The summed E-state index contributed by atoms with van der Waals surface area (Å²) in [6, 6.07) is 20.2. The third-order valence-electron chi connectivity index (χ3n) is 5.87. The van der Waals surface area contributed by atoms with Crippen LogP contribution in [0.1, 0.15) is 29.5 Å². The molecule has 0 atom stereocenters. The molecule has 4 aromatic carbocycles. The molecule has 0 unspecified atom stereocenters. The van der Waals surface area contributed by atoms with Crippen LogP contribution in [-0.2, 0) is 19.0 Å². The van der Waals surface area contributed by atoms with E-state index in [0.717, 1.165) is 35.2 Å². The van der Waals surface area contributed by atoms with Gasteiger partial charge in [0.2, 0.25) is 0 Å². The summed E-state index contributed by atoms with van der Waals surface area (Å²) in [7, 11) is 0. The minimum Gasteiger partial charge on any atom is -0.166 e. The van der Waals surface area contributed by atoms with Crippen LogP contribution in [0.25, 0.3) is 32.7 Å². The van der Waals surface area contributed by atoms with Gasteiger partial charge in [-0.1, -0.05) is 48.5 Å². The van der Waals surface area contributed by atoms with Crippen LogP contribution in [0.3, 0.4) is 0 Å². The number of rotatable bonds is 1. The molecule has 0 nitrogen and oxygen atoms in total. The quantitative estimate of drug-likeness (QED) is 0.301. The van der Waals surface area contributed by atoms with Crippen molar-refractivity contribution in [3.8, 4) is 11.1 Å². The molecule has 0 saturated carbocycles. The maximum atomic E-state index is 13.1. The fraction of sp³-hybridized carbons (Fsp3) is 0.200. The van der Waals surface area contributed by atoms with E-state index in [0.29, 0.717) is 5.56 Å². The van der Waals surface area contributed by atoms with E-state index in [9.17, 15) is 13.2 Å². The van der Waals surface area contributed by atoms with Crippen LogP contribution < -0.4 is 0 Å². The zero-order chi connectivity index (χ0) is 19.3. The zero-order valence-electron chi connectivity index (χ0n) is 15.3. The molecule has 0 spiro atoms. The van der Waals surface area contributed by atoms with Gasteiger partial charge in [-0.3, -0.25) is 0 Å². The van der Waals surface area contributed by atoms with Gasteiger partial charge in [0.15, 0.2) is 0 Å². The minimum absolute atomic E-state index is 0.590. The monoisotopic (exact) mass is 376 g/mol. The largest absolute Gasteiger partial charge is 0.416 e. The molecule has 4 aromatic rings. The van der Waals surface area contributed by atoms with Gasteiger partial charge in [0.25, 0.3) is 0 Å². The number of hydrogen-bond acceptors (Lipinski definition) is 0. The van der Waals surface area contributed by atoms with E-state index in [4.69, 9.17) is 0 Å². The van der Waals surface area contributed by atoms with Crippen molar-refractivity contribution in [2.75, 3.05) is 0 Å². The molecule has 5 rings (SSSR count). The molecular formula is C25H19F3. The second-order valence-corrected chi connectivity index (χ2v) is 7.59. The van der Waals surface area contributed by atoms with Crippen LogP contribution >= 0.6 is 0 Å². The van der Waals surface area contributed by atoms with Crippen LogP contribution in [0.2, 0.25) is 0 Å². The summed E-state index contributed by atoms with van der Waals surface area (Å²) >= 11 is 0. The first kappa shape index (κ1) is 17.3. The maximum Gasteiger partial charge on any atom is 0.416 e. The average Bonchev–Trinajstić information content (AvgIpc) is 2.72. The number of aryl methyl sites for hydroxylation is 2. The van der Waals surface area contributed by atoms with Gasteiger partial charge in [0, 0.05) is 0 Å². The summed E-state index contributed by atoms with van der Waals surface area (Å²) < 4.78 is 39.3. The van der Waals surface area contributed by atoms with E-state index in [2.05, 4.69) is 24.3 Å². The summed E-state index contributed by atoms with van der Waals surface area (Å²) in [6.07, 6.45) is 0.359. The summed E-state index contributed by atoms with van der Waals surface area (Å²) in [5, 5.41) is 4.68. The first-order valence-electron chi connectivity index (χ1n) is 9.65. The highest BCUT2D eigenvalue weighted by Gasteiger charge is 2.30. The van der Waals surface area contributed by atoms with Crippen molar-refractivity contribution in [3.63, 3.8) is 0 Å². The van der Waals surface area contributed by atoms with Gasteiger partial charge in [-0.15, -0.1) is 0 Å². The lowest BCUT2D eigenvalue weighted by Crippen LogP contribution is -2.04. The topological polar surface area (TPSA) is 0 Å². The lowest BCUT2D eigenvalue weighted by atomic mass is 9.86. The fourth-order valence-corrected chi connectivity index (χ4v) is 4.44. The lowest BCUT2D eigenvalue weighted by Gasteiger charge is -2.19. The molecule has 140 valence electrons. The number of benzene rings is 4. The Morgan fingerprint density at radius 1 is 0.643 bits per heavy atom. The molecule has 0 heterocycles. The van der Waals surface area contributed by atoms with Crippen LogP contribution in [0.15, 0.2) is 66.7 Å². The predicted octanol–water partition coefficient (Wildman–Crippen LogP) is 7.56. The van der Waals surface area contributed by atoms with Gasteiger partial charge in [-0.25, -0.2) is 0 Å². The Labute approximate surface area is 161 Å². The minimum atomic E-state index is -4.33. The highest BCUT2D eigenvalue weighted by molar-refractivity contribution is 6.10. The predicted molar refractivity (Wildman–Crippen MR) is 109 cm³/mol. The Morgan fingerprint density at radius 3 is 2.25 bits per heavy atom. The highest BCUT2D eigenvalue weighted by atomic mass is 19.4. The van der Waals surface area contributed by atoms with Gasteiger partial charge >= 0.3 is 6.18 Å². The van der Waals surface area contributed by atoms with Gasteiger partial charge in [0.05, 0.1) is 5.56 Å². The molecule has 0 radical (unpaired) electrons. The number of fused-ring (bicyclic) bond motifs is 5. The first-order chi connectivity index (χ1) is 13.5. The van der Waals surface area contributed by atoms with Crippen LogP contribution in [0.5, 0.6) is 0 Å². The zero-order valence-corrected chi connectivity index (χ0v) is 15.3. The van der Waals surface area contributed by atoms with Gasteiger partial charge in [0.1, 0.15) is 0 Å². The van der Waals surface area contributed by atoms with Gasteiger partial charge in [-0.05, 0) is 87.7 Å². The second-order valence-electron chi connectivity index (χ2n) is 7.59. The number of hydrogen-bond donors (Lipinski definition) is 0. The van der Waals surface area contributed by atoms with Crippen molar-refractivity contribution in [3.05, 3.63) is 83.4 Å². The standard InChI is InChI=1S/C25H19F3/c26-25(27,28)20-6-3-5-18(14-20)19-9-8-17-11-12-22-21-7-2-1-4-16(21)10-13-23(22)24(17)15-19/h3,5-6,8-15H,1-2,4,7H2. The lowest BCUT2D eigenvalue weighted by molar-refractivity contribution is -0.137. The summed E-state index contributed by atoms with van der Waals surface area (Å²) in [5.41, 5.74) is 3.66. The van der Waals surface area contributed by atoms with Crippen molar-refractivity contribution in [2.24, 2.45) is 0 Å². The molecule has 1 aliphatic carbocycles. The second kappa shape index (κ2) is 6.37. The highest BCUT2D eigenvalue weighted by Crippen LogP contribution is 2.36. The molecule has 28 heavy (non-hydrogen) atoms. The molecule has 0 saturated heterocycles. The smallest absolute Gasteiger partial charge is 0.166 e. The molecule has 0 N–H and O–H groups in total. The van der Waals surface area contributed by atoms with Crippen molar-refractivity contribution in [2.45, 2.75) is 31.9 Å². The third kappa shape index (κ3) is 2.86. The van der Waals surface area contributed by atoms with Crippen LogP contribution in [-0.4, -0.2) is 0 Å². The summed E-state index contributed by atoms with van der Waals surface area (Å²) in [4.78, 5) is 0. The van der Waals surface area contributed by atoms with E-state index < -0.39 is 11.7 Å².